The van der Waals surface area contributed by atoms with Gasteiger partial charge in [-0.25, -0.2) is 0 Å². The summed E-state index contributed by atoms with van der Waals surface area (Å²) in [5, 5.41) is 6.80. The standard InChI is InChI=1S/C19H36F3N5O.HI/c1-23-17(25-14-18(26(2)3)7-12-28-13-8-18)24-9-4-16-5-10-27(11-6-16)15-19(20,21)22;/h16H,4-15H2,1-3H3,(H2,23,24,25);1H. The fraction of sp³-hybridized carbons (Fsp3) is 0.947. The van der Waals surface area contributed by atoms with E-state index in [0.29, 0.717) is 19.0 Å². The second-order valence-electron chi connectivity index (χ2n) is 8.21. The maximum atomic E-state index is 12.5. The van der Waals surface area contributed by atoms with Gasteiger partial charge in [-0.15, -0.1) is 24.0 Å². The van der Waals surface area contributed by atoms with E-state index in [-0.39, 0.29) is 29.5 Å². The predicted octanol–water partition coefficient (Wildman–Crippen LogP) is 2.54. The molecule has 0 radical (unpaired) electrons. The molecule has 172 valence electrons. The molecule has 0 bridgehead atoms. The van der Waals surface area contributed by atoms with E-state index < -0.39 is 12.7 Å². The first-order valence-electron chi connectivity index (χ1n) is 10.2. The van der Waals surface area contributed by atoms with Gasteiger partial charge in [0.25, 0.3) is 0 Å². The molecule has 6 nitrogen and oxygen atoms in total. The number of nitrogens with zero attached hydrogens (tertiary/aromatic N) is 3. The van der Waals surface area contributed by atoms with E-state index in [9.17, 15) is 13.2 Å². The SMILES string of the molecule is CN=C(NCCC1CCN(CC(F)(F)F)CC1)NCC1(N(C)C)CCOCC1.I. The van der Waals surface area contributed by atoms with Crippen LogP contribution in [0.15, 0.2) is 4.99 Å². The molecule has 2 N–H and O–H groups in total. The van der Waals surface area contributed by atoms with Crippen LogP contribution in [0.3, 0.4) is 0 Å². The van der Waals surface area contributed by atoms with Gasteiger partial charge in [0.15, 0.2) is 5.96 Å². The van der Waals surface area contributed by atoms with Crippen LogP contribution in [-0.2, 0) is 4.74 Å². The summed E-state index contributed by atoms with van der Waals surface area (Å²) < 4.78 is 42.9. The summed E-state index contributed by atoms with van der Waals surface area (Å²) in [4.78, 5) is 8.09. The van der Waals surface area contributed by atoms with Gasteiger partial charge in [-0.2, -0.15) is 13.2 Å². The highest BCUT2D eigenvalue weighted by atomic mass is 127. The number of piperidine rings is 1. The van der Waals surface area contributed by atoms with Crippen LogP contribution >= 0.6 is 24.0 Å². The lowest BCUT2D eigenvalue weighted by Gasteiger charge is -2.43. The topological polar surface area (TPSA) is 52.1 Å². The zero-order valence-corrected chi connectivity index (χ0v) is 20.2. The highest BCUT2D eigenvalue weighted by molar-refractivity contribution is 14.0. The molecule has 0 atom stereocenters. The van der Waals surface area contributed by atoms with E-state index in [2.05, 4.69) is 34.6 Å². The normalized spacial score (nSPS) is 21.7. The van der Waals surface area contributed by atoms with Crippen LogP contribution in [-0.4, -0.2) is 94.6 Å². The maximum absolute atomic E-state index is 12.5. The first-order chi connectivity index (χ1) is 13.2. The van der Waals surface area contributed by atoms with Gasteiger partial charge in [-0.3, -0.25) is 9.89 Å². The molecule has 0 unspecified atom stereocenters. The number of hydrogen-bond donors (Lipinski definition) is 2. The monoisotopic (exact) mass is 535 g/mol. The van der Waals surface area contributed by atoms with Crippen molar-refractivity contribution in [3.63, 3.8) is 0 Å². The molecule has 0 aliphatic carbocycles. The first-order valence-corrected chi connectivity index (χ1v) is 10.2. The van der Waals surface area contributed by atoms with E-state index in [1.807, 2.05) is 0 Å². The molecule has 2 saturated heterocycles. The summed E-state index contributed by atoms with van der Waals surface area (Å²) in [7, 11) is 5.97. The molecule has 2 aliphatic rings. The van der Waals surface area contributed by atoms with Crippen LogP contribution in [0.25, 0.3) is 0 Å². The number of nitrogens with one attached hydrogen (secondary N) is 2. The summed E-state index contributed by atoms with van der Waals surface area (Å²) >= 11 is 0. The van der Waals surface area contributed by atoms with Gasteiger partial charge in [0.1, 0.15) is 0 Å². The summed E-state index contributed by atoms with van der Waals surface area (Å²) in [5.74, 6) is 1.25. The Hall–Kier alpha value is -0.330. The van der Waals surface area contributed by atoms with E-state index in [4.69, 9.17) is 4.74 Å². The fourth-order valence-electron chi connectivity index (χ4n) is 4.08. The fourth-order valence-corrected chi connectivity index (χ4v) is 4.08. The van der Waals surface area contributed by atoms with E-state index in [1.54, 1.807) is 7.05 Å². The molecule has 0 aromatic heterocycles. The Morgan fingerprint density at radius 1 is 1.17 bits per heavy atom. The Morgan fingerprint density at radius 3 is 2.31 bits per heavy atom. The number of ether oxygens (including phenoxy) is 1. The van der Waals surface area contributed by atoms with Crippen molar-refractivity contribution in [3.8, 4) is 0 Å². The second-order valence-corrected chi connectivity index (χ2v) is 8.21. The van der Waals surface area contributed by atoms with Crippen LogP contribution in [0.1, 0.15) is 32.1 Å². The van der Waals surface area contributed by atoms with Crippen LogP contribution in [0.5, 0.6) is 0 Å². The number of likely N-dealkylation sites (tertiary alicyclic amines) is 1. The highest BCUT2D eigenvalue weighted by Gasteiger charge is 2.35. The molecule has 2 fully saturated rings. The maximum Gasteiger partial charge on any atom is 0.401 e. The minimum atomic E-state index is -4.10. The summed E-state index contributed by atoms with van der Waals surface area (Å²) in [6, 6.07) is 0. The molecule has 0 aromatic carbocycles. The Morgan fingerprint density at radius 2 is 1.79 bits per heavy atom. The number of guanidine groups is 1. The molecule has 0 amide bonds. The Balaban J connectivity index is 0.00000420. The summed E-state index contributed by atoms with van der Waals surface area (Å²) in [5.41, 5.74) is 0.0706. The summed E-state index contributed by atoms with van der Waals surface area (Å²) in [6.07, 6.45) is 0.482. The largest absolute Gasteiger partial charge is 0.401 e. The number of rotatable bonds is 7. The average Bonchev–Trinajstić information content (AvgIpc) is 2.65. The van der Waals surface area contributed by atoms with Crippen LogP contribution in [0.2, 0.25) is 0 Å². The molecule has 10 heteroatoms. The van der Waals surface area contributed by atoms with Crippen LogP contribution < -0.4 is 10.6 Å². The van der Waals surface area contributed by atoms with Crippen molar-refractivity contribution in [1.29, 1.82) is 0 Å². The second kappa shape index (κ2) is 12.5. The molecule has 2 heterocycles. The van der Waals surface area contributed by atoms with Gasteiger partial charge in [-0.1, -0.05) is 0 Å². The molecule has 0 aromatic rings. The molecule has 0 spiro atoms. The van der Waals surface area contributed by atoms with E-state index >= 15 is 0 Å². The number of hydrogen-bond acceptors (Lipinski definition) is 4. The molecule has 2 aliphatic heterocycles. The predicted molar refractivity (Wildman–Crippen MR) is 121 cm³/mol. The lowest BCUT2D eigenvalue weighted by molar-refractivity contribution is -0.148. The lowest BCUT2D eigenvalue weighted by Crippen LogP contribution is -2.57. The molecular formula is C19H37F3IN5O. The van der Waals surface area contributed by atoms with E-state index in [0.717, 1.165) is 64.4 Å². The van der Waals surface area contributed by atoms with Crippen molar-refractivity contribution >= 4 is 29.9 Å². The van der Waals surface area contributed by atoms with Crippen molar-refractivity contribution in [2.75, 3.05) is 67.1 Å². The van der Waals surface area contributed by atoms with E-state index in [1.165, 1.54) is 4.90 Å². The average molecular weight is 535 g/mol. The Bertz CT molecular complexity index is 491. The van der Waals surface area contributed by atoms with Crippen molar-refractivity contribution < 1.29 is 17.9 Å². The van der Waals surface area contributed by atoms with Crippen molar-refractivity contribution in [2.45, 2.75) is 43.8 Å². The number of alkyl halides is 3. The van der Waals surface area contributed by atoms with Gasteiger partial charge < -0.3 is 20.3 Å². The first kappa shape index (κ1) is 26.7. The quantitative estimate of drug-likeness (QED) is 0.298. The number of aliphatic imine (C=N–C) groups is 1. The summed E-state index contributed by atoms with van der Waals surface area (Å²) in [6.45, 7) is 3.42. The molecular weight excluding hydrogens is 498 g/mol. The van der Waals surface area contributed by atoms with Gasteiger partial charge in [0.05, 0.1) is 6.54 Å². The van der Waals surface area contributed by atoms with Gasteiger partial charge in [0, 0.05) is 38.9 Å². The van der Waals surface area contributed by atoms with Crippen molar-refractivity contribution in [3.05, 3.63) is 0 Å². The third-order valence-electron chi connectivity index (χ3n) is 6.14. The zero-order valence-electron chi connectivity index (χ0n) is 17.9. The van der Waals surface area contributed by atoms with Crippen LogP contribution in [0, 0.1) is 5.92 Å². The molecule has 2 rings (SSSR count). The van der Waals surface area contributed by atoms with Gasteiger partial charge in [0.2, 0.25) is 0 Å². The van der Waals surface area contributed by atoms with Gasteiger partial charge in [-0.05, 0) is 65.2 Å². The van der Waals surface area contributed by atoms with Crippen LogP contribution in [0.4, 0.5) is 13.2 Å². The number of halogens is 4. The zero-order chi connectivity index (χ0) is 20.6. The smallest absolute Gasteiger partial charge is 0.381 e. The minimum absolute atomic E-state index is 0. The number of likely N-dealkylation sites (N-methyl/N-ethyl adjacent to an activating group) is 1. The third kappa shape index (κ3) is 9.14. The molecule has 0 saturated carbocycles. The van der Waals surface area contributed by atoms with Crippen molar-refractivity contribution in [2.24, 2.45) is 10.9 Å². The molecule has 29 heavy (non-hydrogen) atoms. The third-order valence-corrected chi connectivity index (χ3v) is 6.14. The highest BCUT2D eigenvalue weighted by Crippen LogP contribution is 2.25. The Labute approximate surface area is 190 Å². The lowest BCUT2D eigenvalue weighted by atomic mass is 9.88. The van der Waals surface area contributed by atoms with Crippen molar-refractivity contribution in [1.82, 2.24) is 20.4 Å². The minimum Gasteiger partial charge on any atom is -0.381 e. The Kier molecular flexibility index (Phi) is 11.5. The van der Waals surface area contributed by atoms with Gasteiger partial charge >= 0.3 is 6.18 Å².